The molecule has 0 aliphatic rings. The average Bonchev–Trinajstić information content (AvgIpc) is 2.11. The summed E-state index contributed by atoms with van der Waals surface area (Å²) in [5.74, 6) is 0. The maximum absolute atomic E-state index is 8.27. The van der Waals surface area contributed by atoms with Gasteiger partial charge in [-0.25, -0.2) is 5.26 Å². The van der Waals surface area contributed by atoms with Gasteiger partial charge in [0.2, 0.25) is 0 Å². The summed E-state index contributed by atoms with van der Waals surface area (Å²) in [7, 11) is 0. The van der Waals surface area contributed by atoms with E-state index in [4.69, 9.17) is 10.5 Å². The molecule has 0 radical (unpaired) electrons. The van der Waals surface area contributed by atoms with Crippen LogP contribution in [0, 0.1) is 23.2 Å². The van der Waals surface area contributed by atoms with E-state index >= 15 is 0 Å². The van der Waals surface area contributed by atoms with Crippen molar-refractivity contribution < 1.29 is 0 Å². The van der Waals surface area contributed by atoms with E-state index in [1.165, 1.54) is 0 Å². The van der Waals surface area contributed by atoms with Crippen molar-refractivity contribution in [1.29, 1.82) is 10.5 Å². The molecule has 0 aliphatic heterocycles. The number of nitrogens with zero attached hydrogens (tertiary/aromatic N) is 2. The highest BCUT2D eigenvalue weighted by Crippen LogP contribution is 1.96. The molecule has 0 bridgehead atoms. The molecule has 0 aromatic heterocycles. The third-order valence-electron chi connectivity index (χ3n) is 1.13. The molecule has 0 spiro atoms. The third-order valence-corrected chi connectivity index (χ3v) is 1.13. The van der Waals surface area contributed by atoms with Crippen molar-refractivity contribution in [3.8, 4) is 12.6 Å². The monoisotopic (exact) mass is 144 g/mol. The zero-order chi connectivity index (χ0) is 8.53. The minimum atomic E-state index is 0.515. The second-order valence-electron chi connectivity index (χ2n) is 1.82. The Hall–Kier alpha value is -1.80. The van der Waals surface area contributed by atoms with E-state index in [1.54, 1.807) is 0 Å². The quantitative estimate of drug-likeness (QED) is 0.604. The lowest BCUT2D eigenvalue weighted by atomic mass is 10.2. The molecule has 54 valence electrons. The van der Waals surface area contributed by atoms with Crippen LogP contribution in [0.4, 0.5) is 0 Å². The van der Waals surface area contributed by atoms with Crippen LogP contribution in [-0.2, 0) is 6.42 Å². The third kappa shape index (κ3) is 3.72. The molecule has 11 heavy (non-hydrogen) atoms. The van der Waals surface area contributed by atoms with Crippen molar-refractivity contribution in [2.45, 2.75) is 6.42 Å². The molecule has 1 rings (SSSR count). The number of hydrogen-bond donors (Lipinski definition) is 0. The van der Waals surface area contributed by atoms with Crippen molar-refractivity contribution in [3.05, 3.63) is 35.9 Å². The van der Waals surface area contributed by atoms with Gasteiger partial charge in [-0.3, -0.25) is 0 Å². The summed E-state index contributed by atoms with van der Waals surface area (Å²) in [6, 6.07) is 11.8. The van der Waals surface area contributed by atoms with Crippen LogP contribution in [0.15, 0.2) is 30.3 Å². The van der Waals surface area contributed by atoms with Crippen molar-refractivity contribution in [3.63, 3.8) is 0 Å². The Morgan fingerprint density at radius 2 is 1.73 bits per heavy atom. The summed E-state index contributed by atoms with van der Waals surface area (Å²) in [4.78, 5) is 0. The first-order valence-corrected chi connectivity index (χ1v) is 3.10. The maximum atomic E-state index is 8.27. The summed E-state index contributed by atoms with van der Waals surface area (Å²) in [6.45, 7) is 3.50. The zero-order valence-corrected chi connectivity index (χ0v) is 6.07. The lowest BCUT2D eigenvalue weighted by Crippen LogP contribution is -1.76. The SMILES string of the molecule is C#N.N#CCc1ccccc1. The molecule has 0 saturated carbocycles. The molecule has 0 unspecified atom stereocenters. The second-order valence-corrected chi connectivity index (χ2v) is 1.82. The summed E-state index contributed by atoms with van der Waals surface area (Å²) in [6.07, 6.45) is 0.515. The lowest BCUT2D eigenvalue weighted by molar-refractivity contribution is 1.26. The van der Waals surface area contributed by atoms with Crippen LogP contribution in [0.25, 0.3) is 0 Å². The number of rotatable bonds is 1. The summed E-state index contributed by atoms with van der Waals surface area (Å²) in [5, 5.41) is 14.8. The van der Waals surface area contributed by atoms with Gasteiger partial charge in [-0.2, -0.15) is 5.26 Å². The maximum Gasteiger partial charge on any atom is 0.0669 e. The van der Waals surface area contributed by atoms with Gasteiger partial charge < -0.3 is 0 Å². The molecule has 0 atom stereocenters. The normalized spacial score (nSPS) is 7.00. The first-order chi connectivity index (χ1) is 5.43. The van der Waals surface area contributed by atoms with Crippen LogP contribution >= 0.6 is 0 Å². The summed E-state index contributed by atoms with van der Waals surface area (Å²) in [5.41, 5.74) is 1.08. The predicted molar refractivity (Wildman–Crippen MR) is 42.4 cm³/mol. The smallest absolute Gasteiger partial charge is 0.0669 e. The largest absolute Gasteiger partial charge is 0.202 e. The molecule has 1 aromatic rings. The fraction of sp³-hybridized carbons (Fsp3) is 0.111. The van der Waals surface area contributed by atoms with E-state index in [0.29, 0.717) is 6.42 Å². The Morgan fingerprint density at radius 1 is 1.18 bits per heavy atom. The topological polar surface area (TPSA) is 47.6 Å². The molecule has 0 saturated heterocycles. The molecule has 0 N–H and O–H groups in total. The van der Waals surface area contributed by atoms with E-state index < -0.39 is 0 Å². The highest BCUT2D eigenvalue weighted by atomic mass is 14.2. The Kier molecular flexibility index (Phi) is 5.29. The fourth-order valence-electron chi connectivity index (χ4n) is 0.687. The molecular weight excluding hydrogens is 136 g/mol. The molecular formula is C9H8N2. The fourth-order valence-corrected chi connectivity index (χ4v) is 0.687. The summed E-state index contributed by atoms with van der Waals surface area (Å²) >= 11 is 0. The molecule has 0 heterocycles. The molecule has 0 amide bonds. The minimum absolute atomic E-state index is 0.515. The molecule has 0 aliphatic carbocycles. The van der Waals surface area contributed by atoms with Gasteiger partial charge in [0.05, 0.1) is 12.5 Å². The molecule has 1 aromatic carbocycles. The molecule has 2 heteroatoms. The van der Waals surface area contributed by atoms with Gasteiger partial charge in [-0.1, -0.05) is 30.3 Å². The van der Waals surface area contributed by atoms with Crippen molar-refractivity contribution in [1.82, 2.24) is 0 Å². The van der Waals surface area contributed by atoms with Crippen LogP contribution in [0.2, 0.25) is 0 Å². The van der Waals surface area contributed by atoms with Crippen molar-refractivity contribution in [2.24, 2.45) is 0 Å². The Bertz CT molecular complexity index is 243. The Balaban J connectivity index is 0.000000461. The van der Waals surface area contributed by atoms with E-state index in [2.05, 4.69) is 12.6 Å². The predicted octanol–water partition coefficient (Wildman–Crippen LogP) is 1.89. The minimum Gasteiger partial charge on any atom is -0.202 e. The van der Waals surface area contributed by atoms with Crippen LogP contribution in [0.3, 0.4) is 0 Å². The van der Waals surface area contributed by atoms with Crippen LogP contribution in [0.1, 0.15) is 5.56 Å². The van der Waals surface area contributed by atoms with E-state index in [9.17, 15) is 0 Å². The van der Waals surface area contributed by atoms with E-state index in [0.717, 1.165) is 5.56 Å². The van der Waals surface area contributed by atoms with Gasteiger partial charge in [0, 0.05) is 6.57 Å². The number of benzene rings is 1. The number of hydrogen-bond acceptors (Lipinski definition) is 2. The first kappa shape index (κ1) is 9.20. The highest BCUT2D eigenvalue weighted by molar-refractivity contribution is 5.17. The van der Waals surface area contributed by atoms with Crippen molar-refractivity contribution in [2.75, 3.05) is 0 Å². The second kappa shape index (κ2) is 6.32. The highest BCUT2D eigenvalue weighted by Gasteiger charge is 1.84. The Morgan fingerprint density at radius 3 is 2.18 bits per heavy atom. The number of nitriles is 2. The van der Waals surface area contributed by atoms with Crippen molar-refractivity contribution >= 4 is 0 Å². The van der Waals surface area contributed by atoms with Crippen LogP contribution in [0.5, 0.6) is 0 Å². The first-order valence-electron chi connectivity index (χ1n) is 3.10. The van der Waals surface area contributed by atoms with Gasteiger partial charge in [0.15, 0.2) is 0 Å². The van der Waals surface area contributed by atoms with Crippen LogP contribution in [-0.4, -0.2) is 0 Å². The van der Waals surface area contributed by atoms with Gasteiger partial charge in [0.1, 0.15) is 0 Å². The lowest BCUT2D eigenvalue weighted by Gasteiger charge is -1.88. The van der Waals surface area contributed by atoms with Gasteiger partial charge in [-0.05, 0) is 5.56 Å². The zero-order valence-electron chi connectivity index (χ0n) is 6.07. The van der Waals surface area contributed by atoms with E-state index in [1.807, 2.05) is 30.3 Å². The molecule has 2 nitrogen and oxygen atoms in total. The summed E-state index contributed by atoms with van der Waals surface area (Å²) < 4.78 is 0. The van der Waals surface area contributed by atoms with E-state index in [-0.39, 0.29) is 0 Å². The van der Waals surface area contributed by atoms with Gasteiger partial charge in [0.25, 0.3) is 0 Å². The average molecular weight is 144 g/mol. The molecule has 0 fully saturated rings. The standard InChI is InChI=1S/C8H7N.CHN/c9-7-6-8-4-2-1-3-5-8;1-2/h1-5H,6H2;1H. The van der Waals surface area contributed by atoms with Gasteiger partial charge in [-0.15, -0.1) is 0 Å². The van der Waals surface area contributed by atoms with Gasteiger partial charge >= 0.3 is 0 Å². The Labute approximate surface area is 66.3 Å². The van der Waals surface area contributed by atoms with Crippen LogP contribution < -0.4 is 0 Å².